The summed E-state index contributed by atoms with van der Waals surface area (Å²) in [4.78, 5) is 0.432. The predicted molar refractivity (Wildman–Crippen MR) is 80.0 cm³/mol. The van der Waals surface area contributed by atoms with E-state index < -0.39 is 10.0 Å². The molecule has 1 fully saturated rings. The summed E-state index contributed by atoms with van der Waals surface area (Å²) in [7, 11) is -3.32. The van der Waals surface area contributed by atoms with Crippen LogP contribution in [0.25, 0.3) is 0 Å². The second kappa shape index (κ2) is 6.28. The minimum atomic E-state index is -3.32. The average Bonchev–Trinajstić information content (AvgIpc) is 3.02. The predicted octanol–water partition coefficient (Wildman–Crippen LogP) is 1.65. The van der Waals surface area contributed by atoms with Crippen molar-refractivity contribution >= 4 is 10.0 Å². The molecule has 1 aliphatic rings. The van der Waals surface area contributed by atoms with Gasteiger partial charge in [-0.2, -0.15) is 4.31 Å². The summed E-state index contributed by atoms with van der Waals surface area (Å²) >= 11 is 0. The normalized spacial score (nSPS) is 20.6. The van der Waals surface area contributed by atoms with Crippen LogP contribution in [0, 0.1) is 5.92 Å². The van der Waals surface area contributed by atoms with Crippen molar-refractivity contribution in [1.82, 2.24) is 14.2 Å². The van der Waals surface area contributed by atoms with Crippen molar-refractivity contribution in [2.45, 2.75) is 45.2 Å². The van der Waals surface area contributed by atoms with Gasteiger partial charge >= 0.3 is 0 Å². The van der Waals surface area contributed by atoms with E-state index in [1.807, 2.05) is 24.5 Å². The number of hydrogen-bond donors (Lipinski definition) is 1. The number of rotatable bonds is 6. The van der Waals surface area contributed by atoms with Crippen LogP contribution in [0.1, 0.15) is 32.9 Å². The SMILES string of the molecule is CCNCc1cc(S(=O)(=O)N2CCC(C)C2)cn1CC. The fourth-order valence-electron chi connectivity index (χ4n) is 2.62. The van der Waals surface area contributed by atoms with Gasteiger partial charge in [0, 0.05) is 38.1 Å². The van der Waals surface area contributed by atoms with Gasteiger partial charge in [0.25, 0.3) is 0 Å². The van der Waals surface area contributed by atoms with Crippen molar-refractivity contribution < 1.29 is 8.42 Å². The summed E-state index contributed by atoms with van der Waals surface area (Å²) in [6, 6.07) is 1.81. The van der Waals surface area contributed by atoms with Gasteiger partial charge in [0.1, 0.15) is 4.90 Å². The lowest BCUT2D eigenvalue weighted by molar-refractivity contribution is 0.464. The molecule has 0 bridgehead atoms. The zero-order chi connectivity index (χ0) is 14.8. The van der Waals surface area contributed by atoms with Gasteiger partial charge in [-0.3, -0.25) is 0 Å². The maximum Gasteiger partial charge on any atom is 0.244 e. The Labute approximate surface area is 122 Å². The lowest BCUT2D eigenvalue weighted by Crippen LogP contribution is -2.28. The van der Waals surface area contributed by atoms with E-state index in [4.69, 9.17) is 0 Å². The molecule has 1 unspecified atom stereocenters. The molecule has 1 N–H and O–H groups in total. The maximum absolute atomic E-state index is 12.6. The molecule has 1 aromatic heterocycles. The zero-order valence-electron chi connectivity index (χ0n) is 12.6. The van der Waals surface area contributed by atoms with Crippen molar-refractivity contribution in [3.05, 3.63) is 18.0 Å². The lowest BCUT2D eigenvalue weighted by Gasteiger charge is -2.14. The Morgan fingerprint density at radius 2 is 2.15 bits per heavy atom. The van der Waals surface area contributed by atoms with Crippen molar-refractivity contribution in [2.24, 2.45) is 5.92 Å². The van der Waals surface area contributed by atoms with Crippen LogP contribution in [0.15, 0.2) is 17.2 Å². The maximum atomic E-state index is 12.6. The van der Waals surface area contributed by atoms with E-state index in [0.717, 1.165) is 25.2 Å². The highest BCUT2D eigenvalue weighted by atomic mass is 32.2. The van der Waals surface area contributed by atoms with Gasteiger partial charge in [0.15, 0.2) is 0 Å². The first-order chi connectivity index (χ1) is 9.48. The molecule has 0 saturated carbocycles. The molecule has 2 heterocycles. The molecule has 114 valence electrons. The molecular weight excluding hydrogens is 274 g/mol. The van der Waals surface area contributed by atoms with Crippen LogP contribution in [0.2, 0.25) is 0 Å². The molecule has 0 aliphatic carbocycles. The van der Waals surface area contributed by atoms with E-state index in [1.54, 1.807) is 10.5 Å². The quantitative estimate of drug-likeness (QED) is 0.869. The smallest absolute Gasteiger partial charge is 0.244 e. The molecule has 5 nitrogen and oxygen atoms in total. The Bertz CT molecular complexity index is 551. The molecule has 20 heavy (non-hydrogen) atoms. The van der Waals surface area contributed by atoms with E-state index in [-0.39, 0.29) is 0 Å². The number of aromatic nitrogens is 1. The molecule has 2 rings (SSSR count). The molecule has 0 aromatic carbocycles. The van der Waals surface area contributed by atoms with E-state index in [9.17, 15) is 8.42 Å². The number of sulfonamides is 1. The Hall–Kier alpha value is -0.850. The third-order valence-electron chi connectivity index (χ3n) is 3.88. The molecule has 1 atom stereocenters. The van der Waals surface area contributed by atoms with Crippen LogP contribution in [0.4, 0.5) is 0 Å². The third kappa shape index (κ3) is 3.07. The Morgan fingerprint density at radius 1 is 1.40 bits per heavy atom. The Balaban J connectivity index is 2.25. The molecular formula is C14H25N3O2S. The monoisotopic (exact) mass is 299 g/mol. The van der Waals surface area contributed by atoms with Gasteiger partial charge in [0.05, 0.1) is 0 Å². The second-order valence-electron chi connectivity index (χ2n) is 5.49. The summed E-state index contributed by atoms with van der Waals surface area (Å²) in [6.45, 7) is 9.82. The van der Waals surface area contributed by atoms with Gasteiger partial charge in [-0.1, -0.05) is 13.8 Å². The van der Waals surface area contributed by atoms with Crippen LogP contribution in [0.5, 0.6) is 0 Å². The van der Waals surface area contributed by atoms with Gasteiger partial charge in [-0.05, 0) is 31.9 Å². The minimum Gasteiger partial charge on any atom is -0.349 e. The highest BCUT2D eigenvalue weighted by Gasteiger charge is 2.31. The second-order valence-corrected chi connectivity index (χ2v) is 7.43. The summed E-state index contributed by atoms with van der Waals surface area (Å²) in [6.07, 6.45) is 2.73. The first kappa shape index (κ1) is 15.5. The first-order valence-corrected chi connectivity index (χ1v) is 8.83. The highest BCUT2D eigenvalue weighted by molar-refractivity contribution is 7.89. The van der Waals surface area contributed by atoms with Gasteiger partial charge in [-0.25, -0.2) is 8.42 Å². The molecule has 0 amide bonds. The molecule has 6 heteroatoms. The van der Waals surface area contributed by atoms with Gasteiger partial charge in [0.2, 0.25) is 10.0 Å². The average molecular weight is 299 g/mol. The fraction of sp³-hybridized carbons (Fsp3) is 0.714. The number of aryl methyl sites for hydroxylation is 1. The summed E-state index contributed by atoms with van der Waals surface area (Å²) in [5, 5.41) is 3.25. The van der Waals surface area contributed by atoms with Crippen LogP contribution < -0.4 is 5.32 Å². The van der Waals surface area contributed by atoms with E-state index in [1.165, 1.54) is 0 Å². The zero-order valence-corrected chi connectivity index (χ0v) is 13.4. The van der Waals surface area contributed by atoms with Crippen LogP contribution in [-0.4, -0.2) is 36.9 Å². The molecule has 1 saturated heterocycles. The Morgan fingerprint density at radius 3 is 2.70 bits per heavy atom. The largest absolute Gasteiger partial charge is 0.349 e. The fourth-order valence-corrected chi connectivity index (χ4v) is 4.26. The van der Waals surface area contributed by atoms with Crippen molar-refractivity contribution in [2.75, 3.05) is 19.6 Å². The van der Waals surface area contributed by atoms with Crippen LogP contribution in [0.3, 0.4) is 0 Å². The standard InChI is InChI=1S/C14H25N3O2S/c1-4-15-9-13-8-14(11-16(13)5-2)20(18,19)17-7-6-12(3)10-17/h8,11-12,15H,4-7,9-10H2,1-3H3. The lowest BCUT2D eigenvalue weighted by atomic mass is 10.2. The molecule has 0 spiro atoms. The van der Waals surface area contributed by atoms with Gasteiger partial charge < -0.3 is 9.88 Å². The Kier molecular flexibility index (Phi) is 4.88. The number of nitrogens with zero attached hydrogens (tertiary/aromatic N) is 2. The van der Waals surface area contributed by atoms with Crippen LogP contribution >= 0.6 is 0 Å². The van der Waals surface area contributed by atoms with Crippen molar-refractivity contribution in [1.29, 1.82) is 0 Å². The van der Waals surface area contributed by atoms with Crippen LogP contribution in [-0.2, 0) is 23.1 Å². The molecule has 0 radical (unpaired) electrons. The summed E-state index contributed by atoms with van der Waals surface area (Å²) in [5.74, 6) is 0.458. The number of hydrogen-bond acceptors (Lipinski definition) is 3. The van der Waals surface area contributed by atoms with E-state index in [2.05, 4.69) is 12.2 Å². The summed E-state index contributed by atoms with van der Waals surface area (Å²) in [5.41, 5.74) is 1.03. The van der Waals surface area contributed by atoms with Gasteiger partial charge in [-0.15, -0.1) is 0 Å². The number of nitrogens with one attached hydrogen (secondary N) is 1. The first-order valence-electron chi connectivity index (χ1n) is 7.39. The third-order valence-corrected chi connectivity index (χ3v) is 5.71. The van der Waals surface area contributed by atoms with E-state index in [0.29, 0.717) is 30.4 Å². The minimum absolute atomic E-state index is 0.432. The van der Waals surface area contributed by atoms with E-state index >= 15 is 0 Å². The summed E-state index contributed by atoms with van der Waals surface area (Å²) < 4.78 is 28.9. The van der Waals surface area contributed by atoms with Crippen molar-refractivity contribution in [3.63, 3.8) is 0 Å². The van der Waals surface area contributed by atoms with Crippen molar-refractivity contribution in [3.8, 4) is 0 Å². The topological polar surface area (TPSA) is 54.3 Å². The molecule has 1 aromatic rings. The highest BCUT2D eigenvalue weighted by Crippen LogP contribution is 2.25. The molecule has 1 aliphatic heterocycles.